The summed E-state index contributed by atoms with van der Waals surface area (Å²) in [7, 11) is -3.65. The number of aromatic nitrogens is 1. The predicted molar refractivity (Wildman–Crippen MR) is 96.2 cm³/mol. The molecule has 2 N–H and O–H groups in total. The Morgan fingerprint density at radius 2 is 1.50 bits per heavy atom. The molecule has 24 heavy (non-hydrogen) atoms. The topological polar surface area (TPSA) is 62.2 Å². The maximum absolute atomic E-state index is 13.2. The second kappa shape index (κ2) is 7.54. The second-order valence-electron chi connectivity index (χ2n) is 5.51. The van der Waals surface area contributed by atoms with Crippen molar-refractivity contribution in [3.63, 3.8) is 0 Å². The van der Waals surface area contributed by atoms with E-state index in [0.29, 0.717) is 11.8 Å². The van der Waals surface area contributed by atoms with Gasteiger partial charge in [-0.15, -0.1) is 0 Å². The van der Waals surface area contributed by atoms with Crippen molar-refractivity contribution in [1.82, 2.24) is 10.3 Å². The van der Waals surface area contributed by atoms with Crippen molar-refractivity contribution in [2.45, 2.75) is 12.3 Å². The third-order valence-electron chi connectivity index (χ3n) is 3.84. The average Bonchev–Trinajstić information content (AvgIpc) is 2.64. The van der Waals surface area contributed by atoms with Gasteiger partial charge in [0.1, 0.15) is 5.78 Å². The van der Waals surface area contributed by atoms with Gasteiger partial charge in [-0.25, -0.2) is 0 Å². The molecule has 0 aliphatic carbocycles. The van der Waals surface area contributed by atoms with Gasteiger partial charge in [-0.2, -0.15) is 0 Å². The van der Waals surface area contributed by atoms with Gasteiger partial charge < -0.3 is 4.89 Å². The molecule has 2 unspecified atom stereocenters. The summed E-state index contributed by atoms with van der Waals surface area (Å²) in [5.74, 6) is -0.692. The van der Waals surface area contributed by atoms with Gasteiger partial charge in [0.2, 0.25) is 7.37 Å². The van der Waals surface area contributed by atoms with Crippen LogP contribution in [-0.4, -0.2) is 9.88 Å². The van der Waals surface area contributed by atoms with E-state index in [1.165, 1.54) is 0 Å². The Kier molecular flexibility index (Phi) is 5.21. The minimum absolute atomic E-state index is 0.437. The van der Waals surface area contributed by atoms with Gasteiger partial charge in [-0.3, -0.25) is 14.9 Å². The van der Waals surface area contributed by atoms with Crippen molar-refractivity contribution in [2.24, 2.45) is 0 Å². The average molecular weight is 338 g/mol. The van der Waals surface area contributed by atoms with Crippen molar-refractivity contribution < 1.29 is 9.46 Å². The Bertz CT molecular complexity index is 811. The molecule has 0 aliphatic heterocycles. The van der Waals surface area contributed by atoms with E-state index in [2.05, 4.69) is 10.3 Å². The van der Waals surface area contributed by atoms with E-state index in [-0.39, 0.29) is 0 Å². The van der Waals surface area contributed by atoms with Crippen LogP contribution in [0.2, 0.25) is 0 Å². The van der Waals surface area contributed by atoms with Crippen molar-refractivity contribution in [2.75, 3.05) is 0 Å². The lowest BCUT2D eigenvalue weighted by Crippen LogP contribution is -2.25. The molecule has 2 atom stereocenters. The summed E-state index contributed by atoms with van der Waals surface area (Å²) in [5.41, 5.74) is 1.81. The van der Waals surface area contributed by atoms with Crippen molar-refractivity contribution >= 4 is 12.7 Å². The summed E-state index contributed by atoms with van der Waals surface area (Å²) in [5, 5.41) is 3.69. The summed E-state index contributed by atoms with van der Waals surface area (Å²) in [6, 6.07) is 22.2. The number of benzene rings is 2. The number of nitrogens with zero attached hydrogens (tertiary/aromatic N) is 1. The molecule has 1 aromatic heterocycles. The van der Waals surface area contributed by atoms with E-state index in [1.54, 1.807) is 48.8 Å². The normalized spacial score (nSPS) is 14.7. The van der Waals surface area contributed by atoms with Gasteiger partial charge in [0, 0.05) is 24.2 Å². The quantitative estimate of drug-likeness (QED) is 0.676. The SMILES string of the molecule is O=P(O)(c1ccccc1)C(NCc1ccccc1)c1ccncc1. The molecular weight excluding hydrogens is 319 g/mol. The van der Waals surface area contributed by atoms with Crippen LogP contribution in [0.5, 0.6) is 0 Å². The molecule has 3 aromatic rings. The first-order valence-electron chi connectivity index (χ1n) is 7.73. The zero-order valence-electron chi connectivity index (χ0n) is 13.1. The number of hydrogen-bond acceptors (Lipinski definition) is 3. The van der Waals surface area contributed by atoms with E-state index in [4.69, 9.17) is 0 Å². The summed E-state index contributed by atoms with van der Waals surface area (Å²) in [6.45, 7) is 0.505. The van der Waals surface area contributed by atoms with Gasteiger partial charge in [0.25, 0.3) is 0 Å². The summed E-state index contributed by atoms with van der Waals surface area (Å²) in [4.78, 5) is 14.9. The molecular formula is C19H19N2O2P. The molecule has 0 saturated heterocycles. The van der Waals surface area contributed by atoms with Crippen LogP contribution < -0.4 is 10.6 Å². The van der Waals surface area contributed by atoms with E-state index < -0.39 is 13.2 Å². The fourth-order valence-electron chi connectivity index (χ4n) is 2.59. The predicted octanol–water partition coefficient (Wildman–Crippen LogP) is 3.47. The molecule has 0 aliphatic rings. The van der Waals surface area contributed by atoms with E-state index in [1.807, 2.05) is 36.4 Å². The van der Waals surface area contributed by atoms with Crippen molar-refractivity contribution in [3.05, 3.63) is 96.3 Å². The fourth-order valence-corrected chi connectivity index (χ4v) is 4.40. The van der Waals surface area contributed by atoms with E-state index in [0.717, 1.165) is 11.1 Å². The molecule has 122 valence electrons. The summed E-state index contributed by atoms with van der Waals surface area (Å²) < 4.78 is 13.2. The van der Waals surface area contributed by atoms with Crippen LogP contribution in [0.15, 0.2) is 85.2 Å². The van der Waals surface area contributed by atoms with Crippen molar-refractivity contribution in [1.29, 1.82) is 0 Å². The minimum atomic E-state index is -3.65. The lowest BCUT2D eigenvalue weighted by molar-refractivity contribution is 0.459. The Morgan fingerprint density at radius 1 is 0.917 bits per heavy atom. The molecule has 5 heteroatoms. The Balaban J connectivity index is 1.92. The molecule has 0 radical (unpaired) electrons. The van der Waals surface area contributed by atoms with Gasteiger partial charge >= 0.3 is 0 Å². The minimum Gasteiger partial charge on any atom is -0.340 e. The van der Waals surface area contributed by atoms with Crippen LogP contribution in [-0.2, 0) is 11.1 Å². The highest BCUT2D eigenvalue weighted by Gasteiger charge is 2.33. The van der Waals surface area contributed by atoms with Crippen molar-refractivity contribution in [3.8, 4) is 0 Å². The van der Waals surface area contributed by atoms with Gasteiger partial charge in [0.05, 0.1) is 0 Å². The van der Waals surface area contributed by atoms with Crippen LogP contribution in [0, 0.1) is 0 Å². The lowest BCUT2D eigenvalue weighted by atomic mass is 10.2. The van der Waals surface area contributed by atoms with Crippen LogP contribution in [0.4, 0.5) is 0 Å². The zero-order valence-corrected chi connectivity index (χ0v) is 14.0. The lowest BCUT2D eigenvalue weighted by Gasteiger charge is -2.25. The molecule has 0 bridgehead atoms. The highest BCUT2D eigenvalue weighted by molar-refractivity contribution is 7.66. The smallest absolute Gasteiger partial charge is 0.250 e. The highest BCUT2D eigenvalue weighted by atomic mass is 31.2. The van der Waals surface area contributed by atoms with Gasteiger partial charge in [-0.05, 0) is 35.4 Å². The maximum atomic E-state index is 13.2. The van der Waals surface area contributed by atoms with Crippen LogP contribution in [0.1, 0.15) is 16.9 Å². The van der Waals surface area contributed by atoms with Gasteiger partial charge in [0.15, 0.2) is 0 Å². The van der Waals surface area contributed by atoms with Crippen LogP contribution in [0.3, 0.4) is 0 Å². The number of rotatable bonds is 6. The third kappa shape index (κ3) is 3.80. The number of hydrogen-bond donors (Lipinski definition) is 2. The highest BCUT2D eigenvalue weighted by Crippen LogP contribution is 2.52. The van der Waals surface area contributed by atoms with E-state index in [9.17, 15) is 9.46 Å². The molecule has 0 spiro atoms. The van der Waals surface area contributed by atoms with Gasteiger partial charge in [-0.1, -0.05) is 48.5 Å². The Labute approximate surface area is 141 Å². The first-order valence-corrected chi connectivity index (χ1v) is 9.46. The fraction of sp³-hybridized carbons (Fsp3) is 0.105. The molecule has 0 fully saturated rings. The molecule has 0 amide bonds. The number of pyridine rings is 1. The molecule has 4 nitrogen and oxygen atoms in total. The Hall–Kier alpha value is -2.26. The first-order chi connectivity index (χ1) is 11.7. The van der Waals surface area contributed by atoms with Crippen LogP contribution >= 0.6 is 7.37 Å². The Morgan fingerprint density at radius 3 is 2.12 bits per heavy atom. The largest absolute Gasteiger partial charge is 0.340 e. The standard InChI is InChI=1S/C19H19N2O2P/c22-24(23,18-9-5-2-6-10-18)19(17-11-13-20-14-12-17)21-15-16-7-3-1-4-8-16/h1-14,19,21H,15H2,(H,22,23). The maximum Gasteiger partial charge on any atom is 0.250 e. The monoisotopic (exact) mass is 338 g/mol. The molecule has 0 saturated carbocycles. The summed E-state index contributed by atoms with van der Waals surface area (Å²) in [6.07, 6.45) is 3.27. The number of nitrogens with one attached hydrogen (secondary N) is 1. The van der Waals surface area contributed by atoms with Crippen LogP contribution in [0.25, 0.3) is 0 Å². The zero-order chi connectivity index (χ0) is 16.8. The second-order valence-corrected chi connectivity index (χ2v) is 7.79. The molecule has 3 rings (SSSR count). The first kappa shape index (κ1) is 16.6. The third-order valence-corrected chi connectivity index (χ3v) is 6.06. The summed E-state index contributed by atoms with van der Waals surface area (Å²) >= 11 is 0. The van der Waals surface area contributed by atoms with E-state index >= 15 is 0 Å². The molecule has 1 heterocycles. The molecule has 2 aromatic carbocycles.